The molecule has 5 heteroatoms. The molecule has 0 aliphatic carbocycles. The zero-order valence-electron chi connectivity index (χ0n) is 13.5. The molecule has 1 unspecified atom stereocenters. The molecule has 2 aromatic rings. The highest BCUT2D eigenvalue weighted by Gasteiger charge is 2.18. The van der Waals surface area contributed by atoms with E-state index in [4.69, 9.17) is 4.74 Å². The third-order valence-electron chi connectivity index (χ3n) is 4.16. The summed E-state index contributed by atoms with van der Waals surface area (Å²) in [4.78, 5) is 9.57. The van der Waals surface area contributed by atoms with Crippen LogP contribution < -0.4 is 0 Å². The number of nitrogens with zero attached hydrogens (tertiary/aromatic N) is 3. The van der Waals surface area contributed by atoms with E-state index in [9.17, 15) is 0 Å². The van der Waals surface area contributed by atoms with E-state index in [0.29, 0.717) is 6.10 Å². The highest BCUT2D eigenvalue weighted by atomic mass is 32.1. The summed E-state index contributed by atoms with van der Waals surface area (Å²) in [6.45, 7) is 5.89. The monoisotopic (exact) mass is 319 g/mol. The number of ether oxygens (including phenoxy) is 1. The summed E-state index contributed by atoms with van der Waals surface area (Å²) in [5.74, 6) is 1.14. The lowest BCUT2D eigenvalue weighted by Crippen LogP contribution is -2.19. The van der Waals surface area contributed by atoms with Crippen LogP contribution in [-0.4, -0.2) is 28.1 Å². The first-order chi connectivity index (χ1) is 10.8. The van der Waals surface area contributed by atoms with Crippen molar-refractivity contribution < 1.29 is 4.74 Å². The van der Waals surface area contributed by atoms with E-state index in [2.05, 4.69) is 40.6 Å². The fourth-order valence-electron chi connectivity index (χ4n) is 2.96. The number of thiophene rings is 1. The summed E-state index contributed by atoms with van der Waals surface area (Å²) in [5, 5.41) is 0. The lowest BCUT2D eigenvalue weighted by atomic mass is 10.1. The maximum absolute atomic E-state index is 5.88. The van der Waals surface area contributed by atoms with Gasteiger partial charge >= 0.3 is 0 Å². The van der Waals surface area contributed by atoms with Gasteiger partial charge in [-0.25, -0.2) is 4.98 Å². The molecule has 1 saturated heterocycles. The van der Waals surface area contributed by atoms with E-state index in [-0.39, 0.29) is 0 Å². The van der Waals surface area contributed by atoms with E-state index in [1.807, 2.05) is 23.7 Å². The summed E-state index contributed by atoms with van der Waals surface area (Å²) in [6, 6.07) is 4.50. The number of aryl methyl sites for hydroxylation is 1. The van der Waals surface area contributed by atoms with Crippen molar-refractivity contribution in [3.8, 4) is 0 Å². The van der Waals surface area contributed by atoms with Gasteiger partial charge in [0, 0.05) is 41.8 Å². The minimum Gasteiger partial charge on any atom is -0.373 e. The zero-order chi connectivity index (χ0) is 15.4. The van der Waals surface area contributed by atoms with Crippen molar-refractivity contribution in [2.45, 2.75) is 51.9 Å². The van der Waals surface area contributed by atoms with Crippen molar-refractivity contribution >= 4 is 11.3 Å². The predicted molar refractivity (Wildman–Crippen MR) is 89.9 cm³/mol. The van der Waals surface area contributed by atoms with Crippen LogP contribution in [0.3, 0.4) is 0 Å². The second-order valence-electron chi connectivity index (χ2n) is 5.96. The van der Waals surface area contributed by atoms with Crippen LogP contribution >= 0.6 is 11.3 Å². The summed E-state index contributed by atoms with van der Waals surface area (Å²) in [6.07, 6.45) is 7.93. The molecule has 0 aromatic carbocycles. The molecule has 1 aliphatic rings. The van der Waals surface area contributed by atoms with Crippen LogP contribution in [0.1, 0.15) is 47.9 Å². The van der Waals surface area contributed by atoms with E-state index < -0.39 is 0 Å². The van der Waals surface area contributed by atoms with Gasteiger partial charge in [0.05, 0.1) is 12.6 Å². The van der Waals surface area contributed by atoms with E-state index in [1.54, 1.807) is 0 Å². The number of aromatic nitrogens is 2. The average molecular weight is 319 g/mol. The Balaban J connectivity index is 1.57. The van der Waals surface area contributed by atoms with Crippen LogP contribution in [-0.2, 0) is 24.4 Å². The van der Waals surface area contributed by atoms with Crippen LogP contribution in [0.25, 0.3) is 0 Å². The molecule has 22 heavy (non-hydrogen) atoms. The minimum atomic E-state index is 0.330. The zero-order valence-corrected chi connectivity index (χ0v) is 14.3. The number of hydrogen-bond donors (Lipinski definition) is 0. The Morgan fingerprint density at radius 2 is 2.27 bits per heavy atom. The highest BCUT2D eigenvalue weighted by molar-refractivity contribution is 7.12. The second-order valence-corrected chi connectivity index (χ2v) is 7.16. The molecule has 0 saturated carbocycles. The van der Waals surface area contributed by atoms with Crippen LogP contribution in [0.2, 0.25) is 0 Å². The van der Waals surface area contributed by atoms with Crippen molar-refractivity contribution in [1.29, 1.82) is 0 Å². The Labute approximate surface area is 136 Å². The molecule has 0 amide bonds. The van der Waals surface area contributed by atoms with Crippen molar-refractivity contribution in [3.05, 3.63) is 40.1 Å². The quantitative estimate of drug-likeness (QED) is 0.810. The Kier molecular flexibility index (Phi) is 5.28. The van der Waals surface area contributed by atoms with Gasteiger partial charge < -0.3 is 9.30 Å². The summed E-state index contributed by atoms with van der Waals surface area (Å²) in [7, 11) is 2.16. The lowest BCUT2D eigenvalue weighted by Gasteiger charge is -2.21. The molecule has 120 valence electrons. The number of imidazole rings is 1. The van der Waals surface area contributed by atoms with Gasteiger partial charge in [0.1, 0.15) is 5.82 Å². The fourth-order valence-corrected chi connectivity index (χ4v) is 4.14. The Morgan fingerprint density at radius 1 is 1.36 bits per heavy atom. The van der Waals surface area contributed by atoms with Crippen LogP contribution in [0.4, 0.5) is 0 Å². The van der Waals surface area contributed by atoms with Gasteiger partial charge in [0.2, 0.25) is 0 Å². The molecule has 0 spiro atoms. The molecule has 3 rings (SSSR count). The normalized spacial score (nSPS) is 19.0. The van der Waals surface area contributed by atoms with E-state index in [0.717, 1.165) is 32.1 Å². The van der Waals surface area contributed by atoms with Crippen LogP contribution in [0.15, 0.2) is 24.5 Å². The van der Waals surface area contributed by atoms with Crippen LogP contribution in [0, 0.1) is 0 Å². The average Bonchev–Trinajstić information content (AvgIpc) is 3.17. The van der Waals surface area contributed by atoms with Gasteiger partial charge in [-0.1, -0.05) is 0 Å². The molecule has 2 aromatic heterocycles. The molecule has 0 radical (unpaired) electrons. The standard InChI is InChI=1S/C17H25N3OS/c1-3-20-10-9-18-17(20)13-19(2)12-14-7-8-16(22-14)15-6-4-5-11-21-15/h7-10,15H,3-6,11-13H2,1-2H3. The van der Waals surface area contributed by atoms with Crippen LogP contribution in [0.5, 0.6) is 0 Å². The SMILES string of the molecule is CCn1ccnc1CN(C)Cc1ccc(C2CCCCO2)s1. The first kappa shape index (κ1) is 15.7. The maximum Gasteiger partial charge on any atom is 0.122 e. The van der Waals surface area contributed by atoms with Gasteiger partial charge in [0.15, 0.2) is 0 Å². The largest absolute Gasteiger partial charge is 0.373 e. The molecule has 1 fully saturated rings. The van der Waals surface area contributed by atoms with Crippen molar-refractivity contribution in [1.82, 2.24) is 14.5 Å². The lowest BCUT2D eigenvalue weighted by molar-refractivity contribution is 0.0172. The smallest absolute Gasteiger partial charge is 0.122 e. The topological polar surface area (TPSA) is 30.3 Å². The Hall–Kier alpha value is -1.17. The van der Waals surface area contributed by atoms with E-state index >= 15 is 0 Å². The number of rotatable bonds is 6. The highest BCUT2D eigenvalue weighted by Crippen LogP contribution is 2.33. The van der Waals surface area contributed by atoms with Gasteiger partial charge in [-0.3, -0.25) is 4.90 Å². The first-order valence-electron chi connectivity index (χ1n) is 8.15. The molecular formula is C17H25N3OS. The number of hydrogen-bond acceptors (Lipinski definition) is 4. The third-order valence-corrected chi connectivity index (χ3v) is 5.32. The maximum atomic E-state index is 5.88. The summed E-state index contributed by atoms with van der Waals surface area (Å²) in [5.41, 5.74) is 0. The predicted octanol–water partition coefficient (Wildman–Crippen LogP) is 3.84. The van der Waals surface area contributed by atoms with Gasteiger partial charge in [-0.05, 0) is 45.4 Å². The molecule has 3 heterocycles. The Bertz CT molecular complexity index is 586. The molecule has 4 nitrogen and oxygen atoms in total. The second kappa shape index (κ2) is 7.40. The van der Waals surface area contributed by atoms with Crippen molar-refractivity contribution in [2.24, 2.45) is 0 Å². The van der Waals surface area contributed by atoms with Crippen molar-refractivity contribution in [3.63, 3.8) is 0 Å². The minimum absolute atomic E-state index is 0.330. The van der Waals surface area contributed by atoms with Gasteiger partial charge in [-0.2, -0.15) is 0 Å². The molecule has 0 N–H and O–H groups in total. The van der Waals surface area contributed by atoms with Crippen molar-refractivity contribution in [2.75, 3.05) is 13.7 Å². The Morgan fingerprint density at radius 3 is 3.05 bits per heavy atom. The summed E-state index contributed by atoms with van der Waals surface area (Å²) >= 11 is 1.90. The molecule has 1 atom stereocenters. The first-order valence-corrected chi connectivity index (χ1v) is 8.96. The molecular weight excluding hydrogens is 294 g/mol. The third kappa shape index (κ3) is 3.77. The summed E-state index contributed by atoms with van der Waals surface area (Å²) < 4.78 is 8.08. The van der Waals surface area contributed by atoms with Gasteiger partial charge in [-0.15, -0.1) is 11.3 Å². The fraction of sp³-hybridized carbons (Fsp3) is 0.588. The molecule has 0 bridgehead atoms. The molecule has 1 aliphatic heterocycles. The van der Waals surface area contributed by atoms with E-state index in [1.165, 1.54) is 29.0 Å². The van der Waals surface area contributed by atoms with Gasteiger partial charge in [0.25, 0.3) is 0 Å².